The van der Waals surface area contributed by atoms with E-state index in [-0.39, 0.29) is 22.5 Å². The van der Waals surface area contributed by atoms with Gasteiger partial charge in [0, 0.05) is 0 Å². The lowest BCUT2D eigenvalue weighted by atomic mass is 10.1. The van der Waals surface area contributed by atoms with Gasteiger partial charge in [-0.15, -0.1) is 0 Å². The van der Waals surface area contributed by atoms with Crippen molar-refractivity contribution in [1.29, 1.82) is 0 Å². The molecule has 2 rings (SSSR count). The van der Waals surface area contributed by atoms with E-state index < -0.39 is 23.5 Å². The topological polar surface area (TPSA) is 92.4 Å². The normalized spacial score (nSPS) is 10.2. The lowest BCUT2D eigenvalue weighted by Crippen LogP contribution is -2.14. The number of amides is 1. The number of nitrogens with two attached hydrogens (primary N) is 1. The lowest BCUT2D eigenvalue weighted by molar-refractivity contribution is 0.0696. The highest BCUT2D eigenvalue weighted by Crippen LogP contribution is 2.24. The molecule has 0 unspecified atom stereocenters. The van der Waals surface area contributed by atoms with Crippen molar-refractivity contribution in [2.75, 3.05) is 5.32 Å². The van der Waals surface area contributed by atoms with E-state index in [4.69, 9.17) is 10.8 Å². The van der Waals surface area contributed by atoms with E-state index in [1.807, 2.05) is 0 Å². The monoisotopic (exact) mass is 292 g/mol. The van der Waals surface area contributed by atoms with Gasteiger partial charge in [0.05, 0.1) is 22.5 Å². The molecule has 108 valence electrons. The molecule has 21 heavy (non-hydrogen) atoms. The maximum Gasteiger partial charge on any atom is 0.335 e. The van der Waals surface area contributed by atoms with Crippen LogP contribution in [0.4, 0.5) is 20.2 Å². The van der Waals surface area contributed by atoms with Crippen molar-refractivity contribution in [1.82, 2.24) is 0 Å². The second-order valence-corrected chi connectivity index (χ2v) is 4.18. The molecule has 0 aliphatic carbocycles. The average molecular weight is 292 g/mol. The van der Waals surface area contributed by atoms with E-state index in [9.17, 15) is 18.4 Å². The Balaban J connectivity index is 2.39. The molecule has 5 nitrogen and oxygen atoms in total. The summed E-state index contributed by atoms with van der Waals surface area (Å²) in [6.45, 7) is 0. The number of aromatic carboxylic acids is 1. The molecule has 0 fully saturated rings. The zero-order chi connectivity index (χ0) is 15.6. The van der Waals surface area contributed by atoms with Crippen LogP contribution in [0, 0.1) is 11.6 Å². The number of carboxylic acids is 1. The number of nitrogens with one attached hydrogen (secondary N) is 1. The number of carboxylic acid groups (broad SMARTS) is 1. The second kappa shape index (κ2) is 5.58. The smallest absolute Gasteiger partial charge is 0.335 e. The summed E-state index contributed by atoms with van der Waals surface area (Å²) in [7, 11) is 0. The Morgan fingerprint density at radius 1 is 1.05 bits per heavy atom. The predicted molar refractivity (Wildman–Crippen MR) is 71.6 cm³/mol. The van der Waals surface area contributed by atoms with E-state index in [0.717, 1.165) is 18.2 Å². The summed E-state index contributed by atoms with van der Waals surface area (Å²) in [6, 6.07) is 6.47. The minimum Gasteiger partial charge on any atom is -0.478 e. The van der Waals surface area contributed by atoms with E-state index in [2.05, 4.69) is 5.32 Å². The maximum absolute atomic E-state index is 13.8. The number of carbonyl (C=O) groups excluding carboxylic acids is 1. The SMILES string of the molecule is NC(=O)c1cc(F)ccc1Nc1ccc(C(=O)O)cc1F. The van der Waals surface area contributed by atoms with Crippen LogP contribution in [0.25, 0.3) is 0 Å². The molecule has 0 saturated heterocycles. The molecule has 0 aliphatic rings. The summed E-state index contributed by atoms with van der Waals surface area (Å²) in [4.78, 5) is 22.0. The van der Waals surface area contributed by atoms with Crippen LogP contribution in [0.15, 0.2) is 36.4 Å². The molecule has 0 bridgehead atoms. The predicted octanol–water partition coefficient (Wildman–Crippen LogP) is 2.51. The van der Waals surface area contributed by atoms with E-state index in [0.29, 0.717) is 0 Å². The lowest BCUT2D eigenvalue weighted by Gasteiger charge is -2.11. The van der Waals surface area contributed by atoms with Crippen molar-refractivity contribution in [2.24, 2.45) is 5.73 Å². The van der Waals surface area contributed by atoms with Gasteiger partial charge >= 0.3 is 5.97 Å². The van der Waals surface area contributed by atoms with Gasteiger partial charge in [-0.3, -0.25) is 4.79 Å². The van der Waals surface area contributed by atoms with Gasteiger partial charge in [0.15, 0.2) is 0 Å². The highest BCUT2D eigenvalue weighted by molar-refractivity contribution is 5.99. The molecule has 0 aromatic heterocycles. The fourth-order valence-corrected chi connectivity index (χ4v) is 1.72. The fraction of sp³-hybridized carbons (Fsp3) is 0. The first-order chi connectivity index (χ1) is 9.88. The minimum atomic E-state index is -1.26. The van der Waals surface area contributed by atoms with Crippen LogP contribution in [0.3, 0.4) is 0 Å². The second-order valence-electron chi connectivity index (χ2n) is 4.18. The first kappa shape index (κ1) is 14.4. The fourth-order valence-electron chi connectivity index (χ4n) is 1.72. The Bertz CT molecular complexity index is 732. The van der Waals surface area contributed by atoms with Crippen LogP contribution in [0.1, 0.15) is 20.7 Å². The molecule has 1 amide bonds. The van der Waals surface area contributed by atoms with Crippen molar-refractivity contribution >= 4 is 23.3 Å². The number of hydrogen-bond acceptors (Lipinski definition) is 3. The molecule has 4 N–H and O–H groups in total. The number of halogens is 2. The molecule has 0 saturated carbocycles. The Morgan fingerprint density at radius 3 is 2.29 bits per heavy atom. The summed E-state index contributed by atoms with van der Waals surface area (Å²) >= 11 is 0. The Morgan fingerprint density at radius 2 is 1.71 bits per heavy atom. The third-order valence-corrected chi connectivity index (χ3v) is 2.73. The number of carbonyl (C=O) groups is 2. The van der Waals surface area contributed by atoms with Crippen molar-refractivity contribution in [3.05, 3.63) is 59.2 Å². The third-order valence-electron chi connectivity index (χ3n) is 2.73. The van der Waals surface area contributed by atoms with Gasteiger partial charge in [0.2, 0.25) is 0 Å². The van der Waals surface area contributed by atoms with E-state index in [1.165, 1.54) is 18.2 Å². The van der Waals surface area contributed by atoms with Crippen molar-refractivity contribution < 1.29 is 23.5 Å². The van der Waals surface area contributed by atoms with Gasteiger partial charge in [-0.2, -0.15) is 0 Å². The summed E-state index contributed by atoms with van der Waals surface area (Å²) in [6.07, 6.45) is 0. The van der Waals surface area contributed by atoms with Crippen LogP contribution in [0.2, 0.25) is 0 Å². The minimum absolute atomic E-state index is 0.0610. The molecule has 0 radical (unpaired) electrons. The highest BCUT2D eigenvalue weighted by atomic mass is 19.1. The van der Waals surface area contributed by atoms with Gasteiger partial charge in [-0.25, -0.2) is 13.6 Å². The van der Waals surface area contributed by atoms with Crippen LogP contribution in [0.5, 0.6) is 0 Å². The summed E-state index contributed by atoms with van der Waals surface area (Å²) in [5, 5.41) is 11.3. The van der Waals surface area contributed by atoms with Crippen LogP contribution in [-0.4, -0.2) is 17.0 Å². The van der Waals surface area contributed by atoms with Crippen molar-refractivity contribution in [2.45, 2.75) is 0 Å². The van der Waals surface area contributed by atoms with Gasteiger partial charge in [-0.05, 0) is 36.4 Å². The molecule has 0 aliphatic heterocycles. The first-order valence-corrected chi connectivity index (χ1v) is 5.77. The average Bonchev–Trinajstić information content (AvgIpc) is 2.42. The number of anilines is 2. The maximum atomic E-state index is 13.8. The number of primary amides is 1. The van der Waals surface area contributed by atoms with Crippen molar-refractivity contribution in [3.8, 4) is 0 Å². The molecular weight excluding hydrogens is 282 g/mol. The zero-order valence-corrected chi connectivity index (χ0v) is 10.6. The standard InChI is InChI=1S/C14H10F2N2O3/c15-8-2-4-11(9(6-8)13(17)19)18-12-3-1-7(14(20)21)5-10(12)16/h1-6,18H,(H2,17,19)(H,20,21). The third kappa shape index (κ3) is 3.14. The van der Waals surface area contributed by atoms with Gasteiger partial charge in [0.25, 0.3) is 5.91 Å². The molecular formula is C14H10F2N2O3. The summed E-state index contributed by atoms with van der Waals surface area (Å²) < 4.78 is 26.9. The molecule has 2 aromatic rings. The first-order valence-electron chi connectivity index (χ1n) is 5.77. The summed E-state index contributed by atoms with van der Waals surface area (Å²) in [5.74, 6) is -3.62. The van der Waals surface area contributed by atoms with Gasteiger partial charge < -0.3 is 16.2 Å². The van der Waals surface area contributed by atoms with Gasteiger partial charge in [0.1, 0.15) is 11.6 Å². The number of hydrogen-bond donors (Lipinski definition) is 3. The Labute approximate surface area is 118 Å². The molecule has 0 atom stereocenters. The molecule has 0 heterocycles. The highest BCUT2D eigenvalue weighted by Gasteiger charge is 2.13. The molecule has 0 spiro atoms. The van der Waals surface area contributed by atoms with Crippen LogP contribution >= 0.6 is 0 Å². The van der Waals surface area contributed by atoms with Gasteiger partial charge in [-0.1, -0.05) is 0 Å². The van der Waals surface area contributed by atoms with E-state index >= 15 is 0 Å². The van der Waals surface area contributed by atoms with Crippen LogP contribution < -0.4 is 11.1 Å². The number of benzene rings is 2. The molecule has 7 heteroatoms. The Kier molecular flexibility index (Phi) is 3.84. The van der Waals surface area contributed by atoms with Crippen LogP contribution in [-0.2, 0) is 0 Å². The van der Waals surface area contributed by atoms with Crippen molar-refractivity contribution in [3.63, 3.8) is 0 Å². The zero-order valence-electron chi connectivity index (χ0n) is 10.6. The quantitative estimate of drug-likeness (QED) is 0.807. The summed E-state index contributed by atoms with van der Waals surface area (Å²) in [5.41, 5.74) is 4.82. The Hall–Kier alpha value is -2.96. The molecule has 2 aromatic carbocycles. The largest absolute Gasteiger partial charge is 0.478 e. The van der Waals surface area contributed by atoms with E-state index in [1.54, 1.807) is 0 Å². The number of rotatable bonds is 4.